The molecule has 2 nitrogen and oxygen atoms in total. The van der Waals surface area contributed by atoms with Crippen LogP contribution in [0.5, 0.6) is 0 Å². The minimum Gasteiger partial charge on any atom is -0.313 e. The van der Waals surface area contributed by atoms with Crippen LogP contribution in [0.2, 0.25) is 0 Å². The van der Waals surface area contributed by atoms with Crippen molar-refractivity contribution in [3.63, 3.8) is 0 Å². The molecule has 0 aliphatic heterocycles. The highest BCUT2D eigenvalue weighted by Crippen LogP contribution is 2.33. The van der Waals surface area contributed by atoms with Crippen LogP contribution < -0.4 is 5.32 Å². The van der Waals surface area contributed by atoms with Crippen LogP contribution in [0.3, 0.4) is 0 Å². The monoisotopic (exact) mass is 254 g/mol. The molecular formula is C16H34N2. The van der Waals surface area contributed by atoms with Crippen molar-refractivity contribution in [2.75, 3.05) is 27.2 Å². The van der Waals surface area contributed by atoms with Crippen molar-refractivity contribution in [2.24, 2.45) is 10.8 Å². The quantitative estimate of drug-likeness (QED) is 0.755. The van der Waals surface area contributed by atoms with E-state index < -0.39 is 0 Å². The fourth-order valence-corrected chi connectivity index (χ4v) is 3.20. The van der Waals surface area contributed by atoms with Crippen molar-refractivity contribution in [2.45, 2.75) is 65.8 Å². The Labute approximate surface area is 115 Å². The molecule has 1 saturated carbocycles. The van der Waals surface area contributed by atoms with Crippen molar-refractivity contribution in [3.8, 4) is 0 Å². The topological polar surface area (TPSA) is 15.3 Å². The Morgan fingerprint density at radius 3 is 2.44 bits per heavy atom. The maximum atomic E-state index is 3.82. The van der Waals surface area contributed by atoms with Gasteiger partial charge in [0.15, 0.2) is 0 Å². The zero-order chi connectivity index (χ0) is 13.8. The highest BCUT2D eigenvalue weighted by molar-refractivity contribution is 4.82. The lowest BCUT2D eigenvalue weighted by molar-refractivity contribution is 0.221. The Morgan fingerprint density at radius 2 is 1.83 bits per heavy atom. The maximum absolute atomic E-state index is 3.82. The van der Waals surface area contributed by atoms with Crippen molar-refractivity contribution >= 4 is 0 Å². The smallest absolute Gasteiger partial charge is 0.00675 e. The summed E-state index contributed by atoms with van der Waals surface area (Å²) >= 11 is 0. The average molecular weight is 254 g/mol. The molecule has 2 heteroatoms. The lowest BCUT2D eigenvalue weighted by Crippen LogP contribution is -2.41. The average Bonchev–Trinajstić information content (AvgIpc) is 2.35. The van der Waals surface area contributed by atoms with Crippen LogP contribution in [-0.2, 0) is 0 Å². The Balaban J connectivity index is 2.35. The van der Waals surface area contributed by atoms with E-state index in [1.165, 1.54) is 32.1 Å². The van der Waals surface area contributed by atoms with Crippen LogP contribution in [0.25, 0.3) is 0 Å². The zero-order valence-electron chi connectivity index (χ0n) is 13.5. The summed E-state index contributed by atoms with van der Waals surface area (Å²) in [5, 5.41) is 3.82. The number of rotatable bonds is 5. The molecule has 1 fully saturated rings. The molecule has 1 aliphatic carbocycles. The first-order valence-electron chi connectivity index (χ1n) is 7.58. The van der Waals surface area contributed by atoms with Gasteiger partial charge in [0.1, 0.15) is 0 Å². The number of hydrogen-bond acceptors (Lipinski definition) is 2. The normalized spacial score (nSPS) is 25.2. The van der Waals surface area contributed by atoms with Crippen molar-refractivity contribution < 1.29 is 0 Å². The second-order valence-electron chi connectivity index (χ2n) is 8.07. The summed E-state index contributed by atoms with van der Waals surface area (Å²) in [5.74, 6) is 0. The van der Waals surface area contributed by atoms with Crippen molar-refractivity contribution in [1.29, 1.82) is 0 Å². The Bertz CT molecular complexity index is 243. The largest absolute Gasteiger partial charge is 0.313 e. The second-order valence-corrected chi connectivity index (χ2v) is 8.07. The molecule has 0 aromatic carbocycles. The van der Waals surface area contributed by atoms with Gasteiger partial charge in [0.25, 0.3) is 0 Å². The number of nitrogens with one attached hydrogen (secondary N) is 1. The van der Waals surface area contributed by atoms with Crippen molar-refractivity contribution in [3.05, 3.63) is 0 Å². The summed E-state index contributed by atoms with van der Waals surface area (Å²) in [4.78, 5) is 2.29. The molecule has 1 rings (SSSR count). The highest BCUT2D eigenvalue weighted by Gasteiger charge is 2.26. The van der Waals surface area contributed by atoms with Gasteiger partial charge in [-0.1, -0.05) is 34.1 Å². The minimum absolute atomic E-state index is 0.366. The molecule has 0 radical (unpaired) electrons. The fraction of sp³-hybridized carbons (Fsp3) is 1.00. The van der Waals surface area contributed by atoms with E-state index in [1.54, 1.807) is 0 Å². The first kappa shape index (κ1) is 16.0. The van der Waals surface area contributed by atoms with E-state index in [4.69, 9.17) is 0 Å². The van der Waals surface area contributed by atoms with E-state index in [0.717, 1.165) is 19.1 Å². The van der Waals surface area contributed by atoms with Crippen LogP contribution in [0.4, 0.5) is 0 Å². The number of nitrogens with zero attached hydrogens (tertiary/aromatic N) is 1. The molecule has 0 bridgehead atoms. The molecule has 0 amide bonds. The Hall–Kier alpha value is -0.0800. The first-order chi connectivity index (χ1) is 8.20. The molecule has 1 aliphatic rings. The van der Waals surface area contributed by atoms with E-state index >= 15 is 0 Å². The molecule has 0 saturated heterocycles. The van der Waals surface area contributed by atoms with Crippen molar-refractivity contribution in [1.82, 2.24) is 10.2 Å². The van der Waals surface area contributed by atoms with Gasteiger partial charge in [-0.15, -0.1) is 0 Å². The van der Waals surface area contributed by atoms with Gasteiger partial charge in [-0.2, -0.15) is 0 Å². The van der Waals surface area contributed by atoms with Crippen LogP contribution in [0.15, 0.2) is 0 Å². The van der Waals surface area contributed by atoms with Gasteiger partial charge >= 0.3 is 0 Å². The summed E-state index contributed by atoms with van der Waals surface area (Å²) < 4.78 is 0. The highest BCUT2D eigenvalue weighted by atomic mass is 15.1. The zero-order valence-corrected chi connectivity index (χ0v) is 13.5. The van der Waals surface area contributed by atoms with Gasteiger partial charge in [-0.25, -0.2) is 0 Å². The summed E-state index contributed by atoms with van der Waals surface area (Å²) in [6, 6.07) is 0.744. The van der Waals surface area contributed by atoms with Gasteiger partial charge < -0.3 is 10.2 Å². The molecule has 0 aromatic heterocycles. The molecule has 1 N–H and O–H groups in total. The third kappa shape index (κ3) is 6.19. The summed E-state index contributed by atoms with van der Waals surface area (Å²) in [6.45, 7) is 11.9. The van der Waals surface area contributed by atoms with E-state index in [2.05, 4.69) is 52.0 Å². The molecule has 0 aromatic rings. The van der Waals surface area contributed by atoms with Crippen LogP contribution in [0.1, 0.15) is 59.8 Å². The first-order valence-corrected chi connectivity index (χ1v) is 7.58. The lowest BCUT2D eigenvalue weighted by Gasteiger charge is -2.31. The molecule has 108 valence electrons. The van der Waals surface area contributed by atoms with Gasteiger partial charge in [0, 0.05) is 19.1 Å². The standard InChI is InChI=1S/C16H34N2/c1-15(2)10-7-8-14(9-11-15)17-12-16(3,4)13-18(5)6/h14,17H,7-13H2,1-6H3. The molecule has 18 heavy (non-hydrogen) atoms. The van der Waals surface area contributed by atoms with E-state index in [1.807, 2.05) is 0 Å². The van der Waals surface area contributed by atoms with Crippen LogP contribution in [-0.4, -0.2) is 38.1 Å². The van der Waals surface area contributed by atoms with Gasteiger partial charge in [0.2, 0.25) is 0 Å². The minimum atomic E-state index is 0.366. The van der Waals surface area contributed by atoms with Crippen LogP contribution >= 0.6 is 0 Å². The summed E-state index contributed by atoms with van der Waals surface area (Å²) in [5.41, 5.74) is 0.931. The maximum Gasteiger partial charge on any atom is 0.00675 e. The summed E-state index contributed by atoms with van der Waals surface area (Å²) in [6.07, 6.45) is 6.87. The van der Waals surface area contributed by atoms with E-state index in [9.17, 15) is 0 Å². The molecule has 0 spiro atoms. The molecular weight excluding hydrogens is 220 g/mol. The summed E-state index contributed by atoms with van der Waals surface area (Å²) in [7, 11) is 4.33. The third-order valence-corrected chi connectivity index (χ3v) is 4.19. The third-order valence-electron chi connectivity index (χ3n) is 4.19. The van der Waals surface area contributed by atoms with Crippen LogP contribution in [0, 0.1) is 10.8 Å². The second kappa shape index (κ2) is 6.38. The SMILES string of the molecule is CN(C)CC(C)(C)CNC1CCCC(C)(C)CC1. The molecule has 0 heterocycles. The lowest BCUT2D eigenvalue weighted by atomic mass is 9.85. The molecule has 1 unspecified atom stereocenters. The predicted molar refractivity (Wildman–Crippen MR) is 81.0 cm³/mol. The number of hydrogen-bond donors (Lipinski definition) is 1. The Kier molecular flexibility index (Phi) is 5.67. The van der Waals surface area contributed by atoms with Gasteiger partial charge in [-0.3, -0.25) is 0 Å². The predicted octanol–water partition coefficient (Wildman–Crippen LogP) is 3.52. The molecule has 1 atom stereocenters. The van der Waals surface area contributed by atoms with Gasteiger partial charge in [0.05, 0.1) is 0 Å². The van der Waals surface area contributed by atoms with Gasteiger partial charge in [-0.05, 0) is 50.6 Å². The van der Waals surface area contributed by atoms with E-state index in [0.29, 0.717) is 10.8 Å². The van der Waals surface area contributed by atoms with E-state index in [-0.39, 0.29) is 0 Å². The Morgan fingerprint density at radius 1 is 1.17 bits per heavy atom. The fourth-order valence-electron chi connectivity index (χ4n) is 3.20.